The smallest absolute Gasteiger partial charge is 0.451 e. The van der Waals surface area contributed by atoms with Gasteiger partial charge < -0.3 is 20.1 Å². The summed E-state index contributed by atoms with van der Waals surface area (Å²) in [6, 6.07) is 4.13. The number of carbonyl (C=O) groups excluding carboxylic acids is 1. The van der Waals surface area contributed by atoms with Crippen molar-refractivity contribution in [2.45, 2.75) is 12.7 Å². The lowest BCUT2D eigenvalue weighted by atomic mass is 10.2. The second-order valence-electron chi connectivity index (χ2n) is 5.33. The van der Waals surface area contributed by atoms with E-state index in [9.17, 15) is 22.8 Å². The highest BCUT2D eigenvalue weighted by Crippen LogP contribution is 2.29. The maximum absolute atomic E-state index is 12.7. The Morgan fingerprint density at radius 3 is 2.52 bits per heavy atom. The number of nitrogens with zero attached hydrogens (tertiary/aromatic N) is 3. The quantitative estimate of drug-likeness (QED) is 0.779. The third-order valence-corrected chi connectivity index (χ3v) is 3.56. The molecule has 2 amide bonds. The van der Waals surface area contributed by atoms with Crippen LogP contribution in [0.15, 0.2) is 23.0 Å². The fraction of sp³-hybridized carbons (Fsp3) is 0.400. The van der Waals surface area contributed by atoms with E-state index in [1.54, 1.807) is 18.2 Å². The standard InChI is InChI=1S/C15H18F3N5O4/c1-22-12(15(16,17)18)21-23(14(22)25)7-6-19-13(24)20-10-5-4-9(26-2)8-11(10)27-3/h4-5,8H,6-7H2,1-3H3,(H2,19,20,24). The molecular weight excluding hydrogens is 371 g/mol. The van der Waals surface area contributed by atoms with Crippen molar-refractivity contribution in [3.05, 3.63) is 34.5 Å². The highest BCUT2D eigenvalue weighted by molar-refractivity contribution is 5.91. The van der Waals surface area contributed by atoms with E-state index in [-0.39, 0.29) is 13.1 Å². The molecule has 0 aliphatic carbocycles. The Balaban J connectivity index is 1.97. The number of methoxy groups -OCH3 is 2. The summed E-state index contributed by atoms with van der Waals surface area (Å²) in [6.07, 6.45) is -4.74. The fourth-order valence-electron chi connectivity index (χ4n) is 2.22. The number of amides is 2. The summed E-state index contributed by atoms with van der Waals surface area (Å²) in [5.74, 6) is -0.409. The average molecular weight is 389 g/mol. The van der Waals surface area contributed by atoms with Crippen molar-refractivity contribution in [2.24, 2.45) is 7.05 Å². The molecule has 148 valence electrons. The molecule has 0 saturated heterocycles. The Bertz CT molecular complexity index is 875. The molecule has 0 saturated carbocycles. The molecule has 1 aromatic carbocycles. The summed E-state index contributed by atoms with van der Waals surface area (Å²) in [4.78, 5) is 23.7. The SMILES string of the molecule is COc1ccc(NC(=O)NCCn2nc(C(F)(F)F)n(C)c2=O)c(OC)c1. The molecule has 1 heterocycles. The zero-order chi connectivity index (χ0) is 20.2. The van der Waals surface area contributed by atoms with Crippen molar-refractivity contribution >= 4 is 11.7 Å². The van der Waals surface area contributed by atoms with E-state index in [4.69, 9.17) is 9.47 Å². The Hall–Kier alpha value is -3.18. The summed E-state index contributed by atoms with van der Waals surface area (Å²) in [5.41, 5.74) is -0.563. The van der Waals surface area contributed by atoms with Gasteiger partial charge in [0.05, 0.1) is 26.5 Å². The van der Waals surface area contributed by atoms with Crippen LogP contribution in [0, 0.1) is 0 Å². The number of nitrogens with one attached hydrogen (secondary N) is 2. The second kappa shape index (κ2) is 8.01. The zero-order valence-corrected chi connectivity index (χ0v) is 14.8. The largest absolute Gasteiger partial charge is 0.497 e. The minimum atomic E-state index is -4.74. The molecule has 0 aliphatic heterocycles. The maximum Gasteiger partial charge on any atom is 0.451 e. The number of alkyl halides is 3. The average Bonchev–Trinajstić information content (AvgIpc) is 2.90. The Morgan fingerprint density at radius 2 is 1.96 bits per heavy atom. The number of halogens is 3. The van der Waals surface area contributed by atoms with Crippen LogP contribution < -0.4 is 25.8 Å². The van der Waals surface area contributed by atoms with Gasteiger partial charge in [0.2, 0.25) is 5.82 Å². The van der Waals surface area contributed by atoms with Gasteiger partial charge in [-0.3, -0.25) is 4.57 Å². The number of carbonyl (C=O) groups is 1. The van der Waals surface area contributed by atoms with Crippen molar-refractivity contribution in [3.63, 3.8) is 0 Å². The first-order valence-electron chi connectivity index (χ1n) is 7.65. The van der Waals surface area contributed by atoms with Gasteiger partial charge in [0.25, 0.3) is 0 Å². The van der Waals surface area contributed by atoms with E-state index < -0.39 is 23.7 Å². The third-order valence-electron chi connectivity index (χ3n) is 3.56. The molecule has 12 heteroatoms. The molecule has 1 aromatic heterocycles. The number of hydrogen-bond acceptors (Lipinski definition) is 5. The lowest BCUT2D eigenvalue weighted by molar-refractivity contribution is -0.147. The van der Waals surface area contributed by atoms with E-state index in [1.165, 1.54) is 14.2 Å². The van der Waals surface area contributed by atoms with Gasteiger partial charge in [-0.05, 0) is 12.1 Å². The summed E-state index contributed by atoms with van der Waals surface area (Å²) in [5, 5.41) is 8.20. The van der Waals surface area contributed by atoms with Gasteiger partial charge in [-0.2, -0.15) is 13.2 Å². The molecule has 0 radical (unpaired) electrons. The van der Waals surface area contributed by atoms with Crippen molar-refractivity contribution in [3.8, 4) is 11.5 Å². The molecule has 2 rings (SSSR count). The monoisotopic (exact) mass is 389 g/mol. The van der Waals surface area contributed by atoms with Crippen molar-refractivity contribution < 1.29 is 27.4 Å². The van der Waals surface area contributed by atoms with Crippen LogP contribution in [0.3, 0.4) is 0 Å². The number of ether oxygens (including phenoxy) is 2. The molecule has 9 nitrogen and oxygen atoms in total. The van der Waals surface area contributed by atoms with Gasteiger partial charge in [-0.1, -0.05) is 0 Å². The molecular formula is C15H18F3N5O4. The lowest BCUT2D eigenvalue weighted by Gasteiger charge is -2.12. The number of benzene rings is 1. The number of anilines is 1. The van der Waals surface area contributed by atoms with Gasteiger partial charge in [0.1, 0.15) is 11.5 Å². The normalized spacial score (nSPS) is 11.2. The van der Waals surface area contributed by atoms with Crippen LogP contribution in [-0.4, -0.2) is 41.1 Å². The fourth-order valence-corrected chi connectivity index (χ4v) is 2.22. The molecule has 0 bridgehead atoms. The van der Waals surface area contributed by atoms with Crippen molar-refractivity contribution in [1.82, 2.24) is 19.7 Å². The molecule has 0 fully saturated rings. The van der Waals surface area contributed by atoms with E-state index in [0.29, 0.717) is 26.4 Å². The Labute approximate surface area is 151 Å². The van der Waals surface area contributed by atoms with E-state index in [1.807, 2.05) is 0 Å². The highest BCUT2D eigenvalue weighted by Gasteiger charge is 2.37. The van der Waals surface area contributed by atoms with Crippen LogP contribution in [0.4, 0.5) is 23.7 Å². The first-order chi connectivity index (χ1) is 12.7. The van der Waals surface area contributed by atoms with Crippen LogP contribution in [0.2, 0.25) is 0 Å². The third kappa shape index (κ3) is 4.71. The Morgan fingerprint density at radius 1 is 1.26 bits per heavy atom. The summed E-state index contributed by atoms with van der Waals surface area (Å²) in [6.45, 7) is -0.339. The highest BCUT2D eigenvalue weighted by atomic mass is 19.4. The van der Waals surface area contributed by atoms with Gasteiger partial charge in [0.15, 0.2) is 0 Å². The topological polar surface area (TPSA) is 99.4 Å². The summed E-state index contributed by atoms with van der Waals surface area (Å²) < 4.78 is 49.4. The summed E-state index contributed by atoms with van der Waals surface area (Å²) >= 11 is 0. The first-order valence-corrected chi connectivity index (χ1v) is 7.65. The molecule has 0 spiro atoms. The number of aromatic nitrogens is 3. The van der Waals surface area contributed by atoms with Gasteiger partial charge in [0, 0.05) is 19.7 Å². The van der Waals surface area contributed by atoms with Crippen LogP contribution in [0.1, 0.15) is 5.82 Å². The van der Waals surface area contributed by atoms with Crippen molar-refractivity contribution in [2.75, 3.05) is 26.1 Å². The van der Waals surface area contributed by atoms with Crippen molar-refractivity contribution in [1.29, 1.82) is 0 Å². The number of rotatable bonds is 6. The van der Waals surface area contributed by atoms with Crippen LogP contribution in [-0.2, 0) is 19.8 Å². The number of urea groups is 1. The minimum absolute atomic E-state index is 0.113. The Kier molecular flexibility index (Phi) is 5.98. The molecule has 0 atom stereocenters. The maximum atomic E-state index is 12.7. The predicted octanol–water partition coefficient (Wildman–Crippen LogP) is 1.44. The lowest BCUT2D eigenvalue weighted by Crippen LogP contribution is -2.34. The zero-order valence-electron chi connectivity index (χ0n) is 14.8. The van der Waals surface area contributed by atoms with Crippen LogP contribution >= 0.6 is 0 Å². The molecule has 27 heavy (non-hydrogen) atoms. The van der Waals surface area contributed by atoms with Gasteiger partial charge >= 0.3 is 17.9 Å². The van der Waals surface area contributed by atoms with Gasteiger partial charge in [-0.25, -0.2) is 14.3 Å². The molecule has 2 aromatic rings. The number of hydrogen-bond donors (Lipinski definition) is 2. The van der Waals surface area contributed by atoms with Crippen LogP contribution in [0.5, 0.6) is 11.5 Å². The van der Waals surface area contributed by atoms with E-state index in [0.717, 1.165) is 7.05 Å². The minimum Gasteiger partial charge on any atom is -0.497 e. The molecule has 2 N–H and O–H groups in total. The summed E-state index contributed by atoms with van der Waals surface area (Å²) in [7, 11) is 3.88. The van der Waals surface area contributed by atoms with E-state index >= 15 is 0 Å². The van der Waals surface area contributed by atoms with E-state index in [2.05, 4.69) is 15.7 Å². The van der Waals surface area contributed by atoms with Gasteiger partial charge in [-0.15, -0.1) is 5.10 Å². The first kappa shape index (κ1) is 20.1. The predicted molar refractivity (Wildman–Crippen MR) is 89.0 cm³/mol. The second-order valence-corrected chi connectivity index (χ2v) is 5.33. The molecule has 0 aliphatic rings. The van der Waals surface area contributed by atoms with Crippen LogP contribution in [0.25, 0.3) is 0 Å². The molecule has 0 unspecified atom stereocenters.